The summed E-state index contributed by atoms with van der Waals surface area (Å²) in [5.41, 5.74) is 4.27. The molecular formula is C32H40N4O3. The number of amides is 2. The molecule has 2 aliphatic rings. The molecule has 206 valence electrons. The van der Waals surface area contributed by atoms with E-state index >= 15 is 0 Å². The quantitative estimate of drug-likeness (QED) is 0.351. The molecule has 0 unspecified atom stereocenters. The number of methoxy groups -OCH3 is 2. The maximum atomic E-state index is 14.0. The number of likely N-dealkylation sites (N-methyl/N-ethyl adjacent to an activating group) is 1. The summed E-state index contributed by atoms with van der Waals surface area (Å²) in [5, 5.41) is 2.44. The molecule has 5 rings (SSSR count). The van der Waals surface area contributed by atoms with Gasteiger partial charge in [0.15, 0.2) is 0 Å². The van der Waals surface area contributed by atoms with Gasteiger partial charge in [0.1, 0.15) is 11.5 Å². The predicted molar refractivity (Wildman–Crippen MR) is 155 cm³/mol. The summed E-state index contributed by atoms with van der Waals surface area (Å²) in [6.45, 7) is 10.3. The van der Waals surface area contributed by atoms with Crippen molar-refractivity contribution < 1.29 is 14.3 Å². The second kappa shape index (κ2) is 11.3. The van der Waals surface area contributed by atoms with E-state index in [1.807, 2.05) is 36.4 Å². The maximum Gasteiger partial charge on any atom is 0.325 e. The lowest BCUT2D eigenvalue weighted by molar-refractivity contribution is 0.0891. The van der Waals surface area contributed by atoms with Crippen LogP contribution in [0.2, 0.25) is 0 Å². The molecular weight excluding hydrogens is 488 g/mol. The average molecular weight is 529 g/mol. The van der Waals surface area contributed by atoms with Gasteiger partial charge in [-0.05, 0) is 67.3 Å². The predicted octanol–water partition coefficient (Wildman–Crippen LogP) is 6.15. The number of allylic oxidation sites excluding steroid dienone is 1. The Balaban J connectivity index is 1.41. The van der Waals surface area contributed by atoms with Gasteiger partial charge < -0.3 is 14.4 Å². The number of ether oxygens (including phenoxy) is 2. The molecule has 0 bridgehead atoms. The fourth-order valence-electron chi connectivity index (χ4n) is 6.46. The van der Waals surface area contributed by atoms with Crippen molar-refractivity contribution in [1.29, 1.82) is 0 Å². The van der Waals surface area contributed by atoms with Gasteiger partial charge in [0.2, 0.25) is 0 Å². The van der Waals surface area contributed by atoms with Crippen LogP contribution in [0.3, 0.4) is 0 Å². The first-order chi connectivity index (χ1) is 18.9. The molecule has 39 heavy (non-hydrogen) atoms. The molecule has 1 aromatic heterocycles. The van der Waals surface area contributed by atoms with E-state index < -0.39 is 0 Å². The van der Waals surface area contributed by atoms with Gasteiger partial charge >= 0.3 is 6.03 Å². The molecule has 2 fully saturated rings. The minimum atomic E-state index is -0.280. The zero-order chi connectivity index (χ0) is 27.6. The Morgan fingerprint density at radius 2 is 1.82 bits per heavy atom. The van der Waals surface area contributed by atoms with Crippen LogP contribution >= 0.6 is 0 Å². The van der Waals surface area contributed by atoms with Crippen LogP contribution < -0.4 is 9.47 Å². The van der Waals surface area contributed by atoms with E-state index in [4.69, 9.17) is 9.47 Å². The van der Waals surface area contributed by atoms with Gasteiger partial charge in [-0.15, -0.1) is 0 Å². The number of carbonyl (C=O) groups is 1. The molecule has 2 aromatic carbocycles. The molecule has 2 aliphatic heterocycles. The molecule has 0 N–H and O–H groups in total. The van der Waals surface area contributed by atoms with Gasteiger partial charge in [0.25, 0.3) is 0 Å². The van der Waals surface area contributed by atoms with Crippen molar-refractivity contribution in [2.45, 2.75) is 58.7 Å². The number of rotatable bonds is 8. The highest BCUT2D eigenvalue weighted by atomic mass is 16.5. The molecule has 1 spiro atoms. The lowest BCUT2D eigenvalue weighted by Crippen LogP contribution is -2.53. The number of nitrogens with zero attached hydrogens (tertiary/aromatic N) is 4. The number of hydrogen-bond acceptors (Lipinski definition) is 5. The molecule has 7 heteroatoms. The Bertz CT molecular complexity index is 1370. The third kappa shape index (κ3) is 4.84. The summed E-state index contributed by atoms with van der Waals surface area (Å²) >= 11 is 0. The van der Waals surface area contributed by atoms with Crippen LogP contribution in [-0.2, 0) is 13.1 Å². The smallest absolute Gasteiger partial charge is 0.325 e. The molecule has 2 amide bonds. The van der Waals surface area contributed by atoms with E-state index in [9.17, 15) is 4.79 Å². The standard InChI is InChI=1S/C32H40N4O3/c1-6-9-30-32(13-16-34(17-14-32)21-25-11-8-10-24-20-33-15-12-28(24)25)36(7-2)31(37)35(30)22-26-18-27(38-4)19-29(39-5)23(26)3/h8-12,15,18-20H,6-7,13-14,16-17,21-22H2,1-5H3/b30-9-. The van der Waals surface area contributed by atoms with E-state index in [0.717, 1.165) is 67.2 Å². The average Bonchev–Trinajstić information content (AvgIpc) is 3.17. The van der Waals surface area contributed by atoms with Crippen molar-refractivity contribution in [1.82, 2.24) is 19.7 Å². The number of urea groups is 1. The number of aromatic nitrogens is 1. The van der Waals surface area contributed by atoms with Gasteiger partial charge in [-0.25, -0.2) is 4.79 Å². The normalized spacial score (nSPS) is 18.5. The lowest BCUT2D eigenvalue weighted by Gasteiger charge is -2.44. The fourth-order valence-corrected chi connectivity index (χ4v) is 6.46. The highest BCUT2D eigenvalue weighted by Crippen LogP contribution is 2.45. The number of pyridine rings is 1. The Labute approximate surface area is 232 Å². The van der Waals surface area contributed by atoms with E-state index in [1.165, 1.54) is 16.3 Å². The van der Waals surface area contributed by atoms with E-state index in [0.29, 0.717) is 13.1 Å². The number of carbonyl (C=O) groups excluding carboxylic acids is 1. The molecule has 0 atom stereocenters. The summed E-state index contributed by atoms with van der Waals surface area (Å²) in [6, 6.07) is 12.6. The number of fused-ring (bicyclic) bond motifs is 1. The van der Waals surface area contributed by atoms with Gasteiger partial charge in [-0.1, -0.05) is 31.2 Å². The van der Waals surface area contributed by atoms with Crippen LogP contribution in [0.15, 0.2) is 60.6 Å². The van der Waals surface area contributed by atoms with Crippen molar-refractivity contribution in [2.75, 3.05) is 33.9 Å². The van der Waals surface area contributed by atoms with E-state index in [1.54, 1.807) is 14.2 Å². The fraction of sp³-hybridized carbons (Fsp3) is 0.438. The van der Waals surface area contributed by atoms with Crippen molar-refractivity contribution in [3.8, 4) is 11.5 Å². The summed E-state index contributed by atoms with van der Waals surface area (Å²) in [4.78, 5) is 24.9. The monoisotopic (exact) mass is 528 g/mol. The van der Waals surface area contributed by atoms with Crippen LogP contribution in [0, 0.1) is 6.92 Å². The highest BCUT2D eigenvalue weighted by Gasteiger charge is 2.53. The second-order valence-electron chi connectivity index (χ2n) is 10.5. The van der Waals surface area contributed by atoms with Crippen molar-refractivity contribution in [3.05, 3.63) is 77.3 Å². The maximum absolute atomic E-state index is 14.0. The minimum absolute atomic E-state index is 0.0911. The molecule has 3 heterocycles. The number of likely N-dealkylation sites (tertiary alicyclic amines) is 1. The topological polar surface area (TPSA) is 58.1 Å². The molecule has 7 nitrogen and oxygen atoms in total. The molecule has 3 aromatic rings. The number of piperidine rings is 1. The van der Waals surface area contributed by atoms with Crippen LogP contribution in [0.5, 0.6) is 11.5 Å². The van der Waals surface area contributed by atoms with Crippen LogP contribution in [0.1, 0.15) is 49.8 Å². The Kier molecular flexibility index (Phi) is 7.80. The first-order valence-electron chi connectivity index (χ1n) is 14.0. The van der Waals surface area contributed by atoms with E-state index in [-0.39, 0.29) is 11.6 Å². The summed E-state index contributed by atoms with van der Waals surface area (Å²) in [5.74, 6) is 1.51. The van der Waals surface area contributed by atoms with Gasteiger partial charge in [0.05, 0.1) is 26.3 Å². The van der Waals surface area contributed by atoms with E-state index in [2.05, 4.69) is 59.0 Å². The number of hydrogen-bond donors (Lipinski definition) is 0. The van der Waals surface area contributed by atoms with Gasteiger partial charge in [-0.2, -0.15) is 0 Å². The summed E-state index contributed by atoms with van der Waals surface area (Å²) in [7, 11) is 3.33. The first-order valence-corrected chi connectivity index (χ1v) is 14.0. The first kappa shape index (κ1) is 27.0. The molecule has 0 radical (unpaired) electrons. The minimum Gasteiger partial charge on any atom is -0.497 e. The van der Waals surface area contributed by atoms with Crippen LogP contribution in [0.25, 0.3) is 10.8 Å². The lowest BCUT2D eigenvalue weighted by atomic mass is 9.82. The van der Waals surface area contributed by atoms with Crippen LogP contribution in [0.4, 0.5) is 4.79 Å². The van der Waals surface area contributed by atoms with Gasteiger partial charge in [-0.3, -0.25) is 14.8 Å². The Hall–Kier alpha value is -3.58. The number of benzene rings is 2. The molecule has 0 aliphatic carbocycles. The zero-order valence-electron chi connectivity index (χ0n) is 23.9. The third-order valence-electron chi connectivity index (χ3n) is 8.53. The molecule has 2 saturated heterocycles. The van der Waals surface area contributed by atoms with Crippen molar-refractivity contribution in [3.63, 3.8) is 0 Å². The zero-order valence-corrected chi connectivity index (χ0v) is 23.9. The van der Waals surface area contributed by atoms with Crippen molar-refractivity contribution >= 4 is 16.8 Å². The second-order valence-corrected chi connectivity index (χ2v) is 10.5. The summed E-state index contributed by atoms with van der Waals surface area (Å²) < 4.78 is 11.2. The third-order valence-corrected chi connectivity index (χ3v) is 8.53. The molecule has 0 saturated carbocycles. The Morgan fingerprint density at radius 1 is 1.03 bits per heavy atom. The largest absolute Gasteiger partial charge is 0.497 e. The van der Waals surface area contributed by atoms with Crippen LogP contribution in [-0.4, -0.2) is 65.1 Å². The Morgan fingerprint density at radius 3 is 2.51 bits per heavy atom. The SMILES string of the molecule is CC/C=C1\N(Cc2cc(OC)cc(OC)c2C)C(=O)N(CC)C12CCN(Cc1cccc3cnccc13)CC2. The van der Waals surface area contributed by atoms with Crippen molar-refractivity contribution in [2.24, 2.45) is 0 Å². The summed E-state index contributed by atoms with van der Waals surface area (Å²) in [6.07, 6.45) is 8.79. The van der Waals surface area contributed by atoms with Gasteiger partial charge in [0, 0.05) is 55.7 Å². The highest BCUT2D eigenvalue weighted by molar-refractivity contribution is 5.85.